The summed E-state index contributed by atoms with van der Waals surface area (Å²) in [6, 6.07) is 6.20. The topological polar surface area (TPSA) is 17.1 Å². The largest absolute Gasteiger partial charge is 0.288 e. The van der Waals surface area contributed by atoms with Crippen molar-refractivity contribution >= 4 is 60.6 Å². The number of hydrogen-bond acceptors (Lipinski definition) is 2. The molecule has 0 unspecified atom stereocenters. The third-order valence-corrected chi connectivity index (χ3v) is 5.15. The molecule has 0 aliphatic rings. The molecule has 0 atom stereocenters. The van der Waals surface area contributed by atoms with Crippen LogP contribution in [-0.2, 0) is 0 Å². The van der Waals surface area contributed by atoms with Gasteiger partial charge in [-0.15, -0.1) is 11.3 Å². The van der Waals surface area contributed by atoms with Crippen LogP contribution in [0.5, 0.6) is 0 Å². The van der Waals surface area contributed by atoms with Crippen molar-refractivity contribution in [3.63, 3.8) is 0 Å². The summed E-state index contributed by atoms with van der Waals surface area (Å²) in [5, 5.41) is 0. The van der Waals surface area contributed by atoms with Gasteiger partial charge in [-0.25, -0.2) is 4.39 Å². The first-order valence-corrected chi connectivity index (χ1v) is 7.22. The van der Waals surface area contributed by atoms with Crippen molar-refractivity contribution in [2.24, 2.45) is 0 Å². The van der Waals surface area contributed by atoms with Crippen LogP contribution in [0.2, 0.25) is 4.34 Å². The van der Waals surface area contributed by atoms with E-state index in [1.165, 1.54) is 6.07 Å². The molecule has 2 rings (SSSR count). The Morgan fingerprint density at radius 3 is 2.59 bits per heavy atom. The van der Waals surface area contributed by atoms with Crippen molar-refractivity contribution in [2.45, 2.75) is 0 Å². The Bertz CT molecular complexity index is 578. The molecule has 0 amide bonds. The zero-order chi connectivity index (χ0) is 12.6. The van der Waals surface area contributed by atoms with Crippen molar-refractivity contribution < 1.29 is 9.18 Å². The Labute approximate surface area is 123 Å². The summed E-state index contributed by atoms with van der Waals surface area (Å²) in [7, 11) is 0. The molecule has 1 heterocycles. The third kappa shape index (κ3) is 2.62. The van der Waals surface area contributed by atoms with E-state index in [2.05, 4.69) is 31.9 Å². The molecule has 0 saturated heterocycles. The molecule has 1 nitrogen and oxygen atoms in total. The van der Waals surface area contributed by atoms with Crippen LogP contribution in [0.25, 0.3) is 0 Å². The highest BCUT2D eigenvalue weighted by molar-refractivity contribution is 9.10. The first-order valence-electron chi connectivity index (χ1n) is 4.44. The van der Waals surface area contributed by atoms with Crippen molar-refractivity contribution in [2.75, 3.05) is 0 Å². The van der Waals surface area contributed by atoms with Crippen LogP contribution in [0.1, 0.15) is 15.2 Å². The van der Waals surface area contributed by atoms with Crippen LogP contribution in [0.15, 0.2) is 33.2 Å². The molecule has 1 aromatic carbocycles. The summed E-state index contributed by atoms with van der Waals surface area (Å²) in [4.78, 5) is 12.5. The highest BCUT2D eigenvalue weighted by Gasteiger charge is 2.18. The van der Waals surface area contributed by atoms with E-state index in [1.54, 1.807) is 18.2 Å². The Morgan fingerprint density at radius 2 is 2.00 bits per heavy atom. The number of carbonyl (C=O) groups is 1. The average Bonchev–Trinajstić information content (AvgIpc) is 2.62. The molecule has 1 aromatic heterocycles. The van der Waals surface area contributed by atoms with E-state index in [4.69, 9.17) is 11.6 Å². The van der Waals surface area contributed by atoms with E-state index in [9.17, 15) is 9.18 Å². The molecule has 0 bridgehead atoms. The molecule has 0 radical (unpaired) electrons. The molecule has 0 N–H and O–H groups in total. The van der Waals surface area contributed by atoms with Gasteiger partial charge < -0.3 is 0 Å². The Morgan fingerprint density at radius 1 is 1.29 bits per heavy atom. The summed E-state index contributed by atoms with van der Waals surface area (Å²) in [5.74, 6) is -0.931. The molecule has 88 valence electrons. The minimum atomic E-state index is -0.557. The maximum Gasteiger partial charge on any atom is 0.206 e. The van der Waals surface area contributed by atoms with E-state index < -0.39 is 5.82 Å². The predicted molar refractivity (Wildman–Crippen MR) is 74.6 cm³/mol. The van der Waals surface area contributed by atoms with Gasteiger partial charge in [0.2, 0.25) is 5.78 Å². The lowest BCUT2D eigenvalue weighted by Crippen LogP contribution is -2.02. The molecular weight excluding hydrogens is 394 g/mol. The Balaban J connectivity index is 2.47. The minimum absolute atomic E-state index is 0.0322. The summed E-state index contributed by atoms with van der Waals surface area (Å²) in [6.45, 7) is 0. The highest BCUT2D eigenvalue weighted by Crippen LogP contribution is 2.33. The molecule has 0 aliphatic heterocycles. The minimum Gasteiger partial charge on any atom is -0.288 e. The van der Waals surface area contributed by atoms with Crippen molar-refractivity contribution in [3.05, 3.63) is 53.8 Å². The second-order valence-electron chi connectivity index (χ2n) is 3.16. The number of thiophene rings is 1. The van der Waals surface area contributed by atoms with Gasteiger partial charge in [0.15, 0.2) is 0 Å². The van der Waals surface area contributed by atoms with Gasteiger partial charge in [-0.05, 0) is 50.1 Å². The number of carbonyl (C=O) groups excluding carboxylic acids is 1. The quantitative estimate of drug-likeness (QED) is 0.628. The first-order chi connectivity index (χ1) is 8.00. The van der Waals surface area contributed by atoms with Gasteiger partial charge in [0.05, 0.1) is 14.9 Å². The van der Waals surface area contributed by atoms with Crippen molar-refractivity contribution in [1.82, 2.24) is 0 Å². The number of rotatable bonds is 2. The molecule has 0 spiro atoms. The van der Waals surface area contributed by atoms with Gasteiger partial charge in [-0.3, -0.25) is 4.79 Å². The van der Waals surface area contributed by atoms with E-state index in [1.807, 2.05) is 0 Å². The van der Waals surface area contributed by atoms with Crippen LogP contribution in [0, 0.1) is 5.82 Å². The van der Waals surface area contributed by atoms with Gasteiger partial charge in [-0.2, -0.15) is 0 Å². The van der Waals surface area contributed by atoms with Crippen LogP contribution >= 0.6 is 54.8 Å². The third-order valence-electron chi connectivity index (χ3n) is 2.07. The number of halogens is 4. The molecule has 0 fully saturated rings. The fraction of sp³-hybridized carbons (Fsp3) is 0. The maximum absolute atomic E-state index is 13.7. The smallest absolute Gasteiger partial charge is 0.206 e. The van der Waals surface area contributed by atoms with Crippen molar-refractivity contribution in [1.29, 1.82) is 0 Å². The van der Waals surface area contributed by atoms with Gasteiger partial charge in [0, 0.05) is 4.47 Å². The van der Waals surface area contributed by atoms with Crippen LogP contribution in [0.4, 0.5) is 4.39 Å². The van der Waals surface area contributed by atoms with E-state index in [-0.39, 0.29) is 15.8 Å². The van der Waals surface area contributed by atoms with Crippen LogP contribution < -0.4 is 0 Å². The lowest BCUT2D eigenvalue weighted by atomic mass is 10.1. The molecule has 17 heavy (non-hydrogen) atoms. The maximum atomic E-state index is 13.7. The summed E-state index contributed by atoms with van der Waals surface area (Å²) in [5.41, 5.74) is 0.0322. The van der Waals surface area contributed by atoms with E-state index in [0.717, 1.165) is 11.3 Å². The van der Waals surface area contributed by atoms with Crippen LogP contribution in [0.3, 0.4) is 0 Å². The summed E-state index contributed by atoms with van der Waals surface area (Å²) < 4.78 is 15.1. The Kier molecular flexibility index (Phi) is 4.02. The molecule has 0 aliphatic carbocycles. The zero-order valence-electron chi connectivity index (χ0n) is 8.14. The summed E-state index contributed by atoms with van der Waals surface area (Å²) >= 11 is 13.2. The van der Waals surface area contributed by atoms with E-state index in [0.29, 0.717) is 13.7 Å². The summed E-state index contributed by atoms with van der Waals surface area (Å²) in [6.07, 6.45) is 0. The lowest BCUT2D eigenvalue weighted by molar-refractivity contribution is 0.103. The predicted octanol–water partition coefficient (Wildman–Crippen LogP) is 5.30. The molecule has 0 saturated carbocycles. The molecule has 6 heteroatoms. The Hall–Kier alpha value is -0.230. The molecule has 2 aromatic rings. The van der Waals surface area contributed by atoms with Gasteiger partial charge in [-0.1, -0.05) is 17.7 Å². The number of benzene rings is 1. The monoisotopic (exact) mass is 396 g/mol. The van der Waals surface area contributed by atoms with Gasteiger partial charge >= 0.3 is 0 Å². The fourth-order valence-corrected chi connectivity index (χ4v) is 3.29. The fourth-order valence-electron chi connectivity index (χ4n) is 1.27. The normalized spacial score (nSPS) is 10.6. The van der Waals surface area contributed by atoms with E-state index >= 15 is 0 Å². The van der Waals surface area contributed by atoms with Gasteiger partial charge in [0.1, 0.15) is 10.2 Å². The SMILES string of the molecule is O=C(c1cc(Br)c(Cl)s1)c1cccc(Br)c1F. The first kappa shape index (κ1) is 13.2. The zero-order valence-corrected chi connectivity index (χ0v) is 12.9. The lowest BCUT2D eigenvalue weighted by Gasteiger charge is -2.01. The molecular formula is C11H4Br2ClFOS. The standard InChI is InChI=1S/C11H4Br2ClFOS/c12-6-3-1-2-5(9(6)15)10(16)8-4-7(13)11(14)17-8/h1-4H. The average molecular weight is 398 g/mol. The second-order valence-corrected chi connectivity index (χ2v) is 6.53. The second kappa shape index (κ2) is 5.18. The number of hydrogen-bond donors (Lipinski definition) is 0. The number of ketones is 1. The van der Waals surface area contributed by atoms with Gasteiger partial charge in [0.25, 0.3) is 0 Å². The highest BCUT2D eigenvalue weighted by atomic mass is 79.9. The van der Waals surface area contributed by atoms with Crippen molar-refractivity contribution in [3.8, 4) is 0 Å². The van der Waals surface area contributed by atoms with Crippen LogP contribution in [-0.4, -0.2) is 5.78 Å².